The molecule has 9 heteroatoms. The Labute approximate surface area is 177 Å². The maximum absolute atomic E-state index is 9.28. The van der Waals surface area contributed by atoms with Gasteiger partial charge < -0.3 is 10.1 Å². The first-order chi connectivity index (χ1) is 14.7. The molecule has 0 aliphatic rings. The largest absolute Gasteiger partial charge is 0.454 e. The maximum atomic E-state index is 9.28. The van der Waals surface area contributed by atoms with Gasteiger partial charge in [0.15, 0.2) is 17.2 Å². The summed E-state index contributed by atoms with van der Waals surface area (Å²) in [5, 5.41) is 12.8. The van der Waals surface area contributed by atoms with Crippen LogP contribution in [0.15, 0.2) is 49.3 Å². The Hall–Kier alpha value is -3.83. The smallest absolute Gasteiger partial charge is 0.183 e. The van der Waals surface area contributed by atoms with Crippen molar-refractivity contribution in [3.63, 3.8) is 0 Å². The molecule has 0 fully saturated rings. The van der Waals surface area contributed by atoms with E-state index in [0.717, 1.165) is 17.5 Å². The number of fused-ring (bicyclic) bond motifs is 1. The van der Waals surface area contributed by atoms with Crippen LogP contribution in [0.3, 0.4) is 0 Å². The molecule has 0 saturated heterocycles. The molecule has 30 heavy (non-hydrogen) atoms. The van der Waals surface area contributed by atoms with Crippen LogP contribution in [0.25, 0.3) is 11.2 Å². The molecule has 4 aromatic rings. The maximum Gasteiger partial charge on any atom is 0.183 e. The van der Waals surface area contributed by atoms with Crippen LogP contribution in [-0.2, 0) is 6.42 Å². The van der Waals surface area contributed by atoms with Crippen molar-refractivity contribution in [2.45, 2.75) is 13.3 Å². The Balaban J connectivity index is 1.44. The van der Waals surface area contributed by atoms with Crippen LogP contribution in [0.2, 0.25) is 5.02 Å². The number of halogens is 1. The number of anilines is 1. The van der Waals surface area contributed by atoms with Crippen LogP contribution in [0.5, 0.6) is 11.5 Å². The van der Waals surface area contributed by atoms with E-state index in [-0.39, 0.29) is 10.6 Å². The number of aromatic nitrogens is 5. The van der Waals surface area contributed by atoms with Crippen LogP contribution < -0.4 is 10.1 Å². The van der Waals surface area contributed by atoms with E-state index in [1.54, 1.807) is 12.4 Å². The lowest BCUT2D eigenvalue weighted by atomic mass is 10.1. The van der Waals surface area contributed by atoms with Crippen molar-refractivity contribution in [3.05, 3.63) is 71.0 Å². The zero-order chi connectivity index (χ0) is 20.9. The fourth-order valence-electron chi connectivity index (χ4n) is 2.95. The van der Waals surface area contributed by atoms with Crippen LogP contribution >= 0.6 is 11.6 Å². The first-order valence-corrected chi connectivity index (χ1v) is 9.50. The topological polar surface area (TPSA) is 110 Å². The Morgan fingerprint density at radius 1 is 1.10 bits per heavy atom. The molecular formula is C21H16ClN7O. The normalized spacial score (nSPS) is 10.6. The molecule has 0 aliphatic carbocycles. The molecule has 0 aliphatic heterocycles. The van der Waals surface area contributed by atoms with Crippen LogP contribution in [0.4, 0.5) is 5.82 Å². The van der Waals surface area contributed by atoms with E-state index < -0.39 is 0 Å². The number of hydrogen-bond donors (Lipinski definition) is 1. The minimum Gasteiger partial charge on any atom is -0.454 e. The Kier molecular flexibility index (Phi) is 5.63. The lowest BCUT2D eigenvalue weighted by Crippen LogP contribution is -2.08. The third-order valence-electron chi connectivity index (χ3n) is 4.41. The van der Waals surface area contributed by atoms with Crippen molar-refractivity contribution in [3.8, 4) is 17.6 Å². The number of nitriles is 1. The van der Waals surface area contributed by atoms with E-state index in [2.05, 4.69) is 30.2 Å². The van der Waals surface area contributed by atoms with Crippen LogP contribution in [-0.4, -0.2) is 31.5 Å². The molecule has 0 atom stereocenters. The minimum absolute atomic E-state index is 0.261. The number of aryl methyl sites for hydroxylation is 1. The second-order valence-electron chi connectivity index (χ2n) is 6.44. The van der Waals surface area contributed by atoms with Crippen molar-refractivity contribution >= 4 is 28.6 Å². The zero-order valence-corrected chi connectivity index (χ0v) is 16.8. The summed E-state index contributed by atoms with van der Waals surface area (Å²) >= 11 is 6.02. The van der Waals surface area contributed by atoms with Crippen molar-refractivity contribution in [1.29, 1.82) is 5.26 Å². The lowest BCUT2D eigenvalue weighted by molar-refractivity contribution is 0.475. The molecule has 8 nitrogen and oxygen atoms in total. The molecule has 0 spiro atoms. The van der Waals surface area contributed by atoms with E-state index in [1.165, 1.54) is 18.7 Å². The second kappa shape index (κ2) is 8.68. The third kappa shape index (κ3) is 4.11. The Morgan fingerprint density at radius 3 is 2.80 bits per heavy atom. The molecule has 0 unspecified atom stereocenters. The first kappa shape index (κ1) is 19.5. The summed E-state index contributed by atoms with van der Waals surface area (Å²) < 4.78 is 5.87. The number of nitrogens with zero attached hydrogens (tertiary/aromatic N) is 6. The van der Waals surface area contributed by atoms with E-state index in [4.69, 9.17) is 16.3 Å². The summed E-state index contributed by atoms with van der Waals surface area (Å²) in [5.41, 5.74) is 3.53. The highest BCUT2D eigenvalue weighted by Gasteiger charge is 2.11. The molecule has 1 aromatic carbocycles. The van der Waals surface area contributed by atoms with Gasteiger partial charge in [0.2, 0.25) is 0 Å². The average molecular weight is 418 g/mol. The van der Waals surface area contributed by atoms with Crippen molar-refractivity contribution < 1.29 is 4.74 Å². The summed E-state index contributed by atoms with van der Waals surface area (Å²) in [6.07, 6.45) is 8.36. The molecule has 3 aromatic heterocycles. The predicted octanol–water partition coefficient (Wildman–Crippen LogP) is 4.10. The molecular weight excluding hydrogens is 402 g/mol. The minimum atomic E-state index is 0.261. The summed E-state index contributed by atoms with van der Waals surface area (Å²) in [6, 6.07) is 7.94. The molecule has 0 amide bonds. The number of nitrogens with one attached hydrogen (secondary N) is 1. The predicted molar refractivity (Wildman–Crippen MR) is 113 cm³/mol. The molecule has 0 saturated carbocycles. The number of pyridine rings is 1. The SMILES string of the molecule is Cc1cc(CCNc2ncnc3nccnc23)ccc1Oc1cncc(Cl)c1C#N. The number of benzene rings is 1. The van der Waals surface area contributed by atoms with E-state index in [9.17, 15) is 5.26 Å². The van der Waals surface area contributed by atoms with Gasteiger partial charge in [-0.25, -0.2) is 19.9 Å². The van der Waals surface area contributed by atoms with Gasteiger partial charge in [0.1, 0.15) is 29.2 Å². The van der Waals surface area contributed by atoms with Crippen molar-refractivity contribution in [2.24, 2.45) is 0 Å². The zero-order valence-electron chi connectivity index (χ0n) is 16.0. The lowest BCUT2D eigenvalue weighted by Gasteiger charge is -2.12. The van der Waals surface area contributed by atoms with Gasteiger partial charge in [-0.1, -0.05) is 23.7 Å². The summed E-state index contributed by atoms with van der Waals surface area (Å²) in [5.74, 6) is 1.63. The number of ether oxygens (including phenoxy) is 1. The van der Waals surface area contributed by atoms with Gasteiger partial charge in [-0.15, -0.1) is 0 Å². The summed E-state index contributed by atoms with van der Waals surface area (Å²) in [4.78, 5) is 20.8. The number of hydrogen-bond acceptors (Lipinski definition) is 8. The first-order valence-electron chi connectivity index (χ1n) is 9.12. The highest BCUT2D eigenvalue weighted by molar-refractivity contribution is 6.31. The van der Waals surface area contributed by atoms with E-state index in [0.29, 0.717) is 35.0 Å². The summed E-state index contributed by atoms with van der Waals surface area (Å²) in [6.45, 7) is 2.61. The van der Waals surface area contributed by atoms with Crippen molar-refractivity contribution in [2.75, 3.05) is 11.9 Å². The highest BCUT2D eigenvalue weighted by atomic mass is 35.5. The van der Waals surface area contributed by atoms with E-state index in [1.807, 2.05) is 31.2 Å². The standard InChI is InChI=1S/C21H16ClN7O/c1-13-8-14(2-3-17(13)30-18-11-24-10-16(22)15(18)9-23)4-5-26-20-19-21(29-12-28-20)27-7-6-25-19/h2-3,6-8,10-12H,4-5H2,1H3,(H,26,27,28,29). The molecule has 0 bridgehead atoms. The molecule has 4 rings (SSSR count). The van der Waals surface area contributed by atoms with E-state index >= 15 is 0 Å². The van der Waals surface area contributed by atoms with Gasteiger partial charge in [-0.3, -0.25) is 4.98 Å². The third-order valence-corrected chi connectivity index (χ3v) is 4.70. The van der Waals surface area contributed by atoms with Crippen molar-refractivity contribution in [1.82, 2.24) is 24.9 Å². The fraction of sp³-hybridized carbons (Fsp3) is 0.143. The average Bonchev–Trinajstić information content (AvgIpc) is 2.76. The monoisotopic (exact) mass is 417 g/mol. The Morgan fingerprint density at radius 2 is 1.97 bits per heavy atom. The fourth-order valence-corrected chi connectivity index (χ4v) is 3.14. The van der Waals surface area contributed by atoms with Crippen LogP contribution in [0, 0.1) is 18.3 Å². The molecule has 148 valence electrons. The molecule has 1 N–H and O–H groups in total. The van der Waals surface area contributed by atoms with Gasteiger partial charge >= 0.3 is 0 Å². The molecule has 0 radical (unpaired) electrons. The van der Waals surface area contributed by atoms with Gasteiger partial charge in [0.05, 0.1) is 11.2 Å². The number of rotatable bonds is 6. The van der Waals surface area contributed by atoms with Gasteiger partial charge in [0.25, 0.3) is 0 Å². The second-order valence-corrected chi connectivity index (χ2v) is 6.84. The molecule has 3 heterocycles. The summed E-state index contributed by atoms with van der Waals surface area (Å²) in [7, 11) is 0. The van der Waals surface area contributed by atoms with Gasteiger partial charge in [-0.05, 0) is 30.5 Å². The van der Waals surface area contributed by atoms with Gasteiger partial charge in [-0.2, -0.15) is 5.26 Å². The quantitative estimate of drug-likeness (QED) is 0.499. The highest BCUT2D eigenvalue weighted by Crippen LogP contribution is 2.31. The van der Waals surface area contributed by atoms with Crippen LogP contribution in [0.1, 0.15) is 16.7 Å². The Bertz CT molecular complexity index is 1250. The van der Waals surface area contributed by atoms with Gasteiger partial charge in [0, 0.05) is 25.1 Å².